The quantitative estimate of drug-likeness (QED) is 0.183. The molecular formula is C44H28O. The fourth-order valence-corrected chi connectivity index (χ4v) is 5.28. The highest BCUT2D eigenvalue weighted by Crippen LogP contribution is 2.47. The predicted octanol–water partition coefficient (Wildman–Crippen LogP) is 12.6. The normalized spacial score (nSPS) is 20.3. The SMILES string of the molecule is [2H]c1c([2H])c([2H])c(-c2c([2H])c([2H])c(-c3c4c([2H])c([2H])c([2H])c([2H])c4c(-c4c([2H])c([2H])c([2H])c5oc6c(-c7c([2H])c([2H])c([2H])c([2H])c7[2H])c([2H])c([2H])c([2H])c6c45)c4c([2H])c([2H])c([2H])c([2H])c34)c([2H])c2[2H])c([2H])c1[2H]. The van der Waals surface area contributed by atoms with Crippen LogP contribution in [0.15, 0.2) is 174 Å². The van der Waals surface area contributed by atoms with Crippen molar-refractivity contribution in [1.29, 1.82) is 0 Å². The second-order valence-corrected chi connectivity index (χ2v) is 9.51. The van der Waals surface area contributed by atoms with Gasteiger partial charge in [-0.05, 0) is 66.5 Å². The molecule has 0 radical (unpaired) electrons. The summed E-state index contributed by atoms with van der Waals surface area (Å²) in [5.74, 6) is 0. The third-order valence-corrected chi connectivity index (χ3v) is 7.12. The van der Waals surface area contributed by atoms with E-state index in [9.17, 15) is 13.7 Å². The standard InChI is InChI=1S/C44H28O/c1-3-13-29(14-4-1)30-25-27-32(28-26-30)41-34-17-7-9-19-36(34)42(37-20-10-8-18-35(37)41)38-22-12-24-40-43(38)39-23-11-21-33(44(39)45-40)31-15-5-2-6-16-31/h1-28H/i1D,2D,3D,4D,5D,6D,7D,8D,9D,10D,11D,12D,13D,14D,15D,16D,17D,18D,19D,20D,21D,22D,23D,24D,25D,26D,27D,28D. The third-order valence-electron chi connectivity index (χ3n) is 7.12. The molecule has 210 valence electrons. The van der Waals surface area contributed by atoms with E-state index in [4.69, 9.17) is 29.1 Å². The number of benzene rings is 8. The second kappa shape index (κ2) is 10.4. The Kier molecular flexibility index (Phi) is 2.32. The fraction of sp³-hybridized carbons (Fsp3) is 0. The van der Waals surface area contributed by atoms with Gasteiger partial charge in [0.15, 0.2) is 0 Å². The van der Waals surface area contributed by atoms with E-state index in [1.54, 1.807) is 0 Å². The van der Waals surface area contributed by atoms with E-state index in [1.807, 2.05) is 0 Å². The minimum Gasteiger partial charge on any atom is -0.455 e. The molecule has 0 amide bonds. The van der Waals surface area contributed by atoms with Crippen molar-refractivity contribution in [3.05, 3.63) is 169 Å². The Morgan fingerprint density at radius 3 is 1.44 bits per heavy atom. The maximum Gasteiger partial charge on any atom is 0.143 e. The van der Waals surface area contributed by atoms with E-state index in [1.165, 1.54) is 0 Å². The van der Waals surface area contributed by atoms with E-state index < -0.39 is 257 Å². The van der Waals surface area contributed by atoms with E-state index in [0.717, 1.165) is 0 Å². The van der Waals surface area contributed by atoms with Gasteiger partial charge in [0, 0.05) is 16.3 Å². The summed E-state index contributed by atoms with van der Waals surface area (Å²) in [6, 6.07) is -26.9. The number of hydrogen-bond acceptors (Lipinski definition) is 1. The average molecular weight is 601 g/mol. The summed E-state index contributed by atoms with van der Waals surface area (Å²) in [7, 11) is 0. The van der Waals surface area contributed by atoms with Gasteiger partial charge in [0.05, 0.1) is 38.4 Å². The average Bonchev–Trinajstić information content (AvgIpc) is 3.76. The monoisotopic (exact) mass is 600 g/mol. The summed E-state index contributed by atoms with van der Waals surface area (Å²) in [5, 5.41) is -4.26. The highest BCUT2D eigenvalue weighted by molar-refractivity contribution is 6.26. The molecule has 0 spiro atoms. The molecule has 1 heteroatoms. The van der Waals surface area contributed by atoms with Gasteiger partial charge in [0.25, 0.3) is 0 Å². The molecule has 0 aliphatic rings. The summed E-state index contributed by atoms with van der Waals surface area (Å²) in [4.78, 5) is 0. The Labute approximate surface area is 301 Å². The van der Waals surface area contributed by atoms with E-state index in [0.29, 0.717) is 0 Å². The summed E-state index contributed by atoms with van der Waals surface area (Å²) in [5.41, 5.74) is -7.42. The zero-order valence-electron chi connectivity index (χ0n) is 50.4. The predicted molar refractivity (Wildman–Crippen MR) is 190 cm³/mol. The van der Waals surface area contributed by atoms with Crippen LogP contribution in [0, 0.1) is 0 Å². The lowest BCUT2D eigenvalue weighted by Gasteiger charge is -2.18. The van der Waals surface area contributed by atoms with Gasteiger partial charge >= 0.3 is 0 Å². The van der Waals surface area contributed by atoms with Crippen molar-refractivity contribution in [3.63, 3.8) is 0 Å². The van der Waals surface area contributed by atoms with Crippen LogP contribution in [0.1, 0.15) is 38.4 Å². The topological polar surface area (TPSA) is 13.1 Å². The van der Waals surface area contributed by atoms with Crippen LogP contribution < -0.4 is 0 Å². The Morgan fingerprint density at radius 2 is 0.800 bits per heavy atom. The molecule has 0 fully saturated rings. The molecule has 45 heavy (non-hydrogen) atoms. The van der Waals surface area contributed by atoms with Crippen LogP contribution in [0.3, 0.4) is 0 Å². The van der Waals surface area contributed by atoms with Crippen molar-refractivity contribution < 1.29 is 42.8 Å². The summed E-state index contributed by atoms with van der Waals surface area (Å²) < 4.78 is 255. The number of furan rings is 1. The molecule has 0 saturated heterocycles. The van der Waals surface area contributed by atoms with Crippen LogP contribution >= 0.6 is 0 Å². The van der Waals surface area contributed by atoms with Crippen molar-refractivity contribution in [2.75, 3.05) is 0 Å². The van der Waals surface area contributed by atoms with Gasteiger partial charge in [-0.15, -0.1) is 0 Å². The van der Waals surface area contributed by atoms with Gasteiger partial charge < -0.3 is 4.42 Å². The largest absolute Gasteiger partial charge is 0.455 e. The molecular weight excluding hydrogens is 544 g/mol. The van der Waals surface area contributed by atoms with Gasteiger partial charge in [-0.3, -0.25) is 0 Å². The zero-order valence-corrected chi connectivity index (χ0v) is 22.4. The fourth-order valence-electron chi connectivity index (χ4n) is 5.28. The lowest BCUT2D eigenvalue weighted by Crippen LogP contribution is -1.91. The molecule has 9 aromatic rings. The summed E-state index contributed by atoms with van der Waals surface area (Å²) >= 11 is 0. The first kappa shape index (κ1) is 10.1. The molecule has 0 N–H and O–H groups in total. The minimum atomic E-state index is -1.08. The molecule has 9 rings (SSSR count). The molecule has 0 aliphatic carbocycles. The molecule has 8 aromatic carbocycles. The highest BCUT2D eigenvalue weighted by atomic mass is 16.3. The first-order chi connectivity index (χ1) is 34.0. The molecule has 1 nitrogen and oxygen atoms in total. The van der Waals surface area contributed by atoms with Gasteiger partial charge in [-0.2, -0.15) is 0 Å². The third kappa shape index (κ3) is 4.09. The van der Waals surface area contributed by atoms with Crippen molar-refractivity contribution in [3.8, 4) is 44.5 Å². The van der Waals surface area contributed by atoms with E-state index >= 15 is 0 Å². The minimum absolute atomic E-state index is 0.601. The lowest BCUT2D eigenvalue weighted by atomic mass is 9.84. The highest BCUT2D eigenvalue weighted by Gasteiger charge is 2.21. The van der Waals surface area contributed by atoms with Crippen LogP contribution in [0.5, 0.6) is 0 Å². The van der Waals surface area contributed by atoms with Gasteiger partial charge in [-0.1, -0.05) is 163 Å². The van der Waals surface area contributed by atoms with Crippen LogP contribution in [-0.4, -0.2) is 0 Å². The number of fused-ring (bicyclic) bond motifs is 5. The van der Waals surface area contributed by atoms with Crippen molar-refractivity contribution >= 4 is 43.5 Å². The summed E-state index contributed by atoms with van der Waals surface area (Å²) in [6.45, 7) is 0. The van der Waals surface area contributed by atoms with Gasteiger partial charge in [-0.25, -0.2) is 0 Å². The molecule has 0 atom stereocenters. The molecule has 1 heterocycles. The van der Waals surface area contributed by atoms with E-state index in [2.05, 4.69) is 0 Å². The van der Waals surface area contributed by atoms with Crippen molar-refractivity contribution in [2.24, 2.45) is 0 Å². The van der Waals surface area contributed by atoms with Crippen LogP contribution in [0.25, 0.3) is 88.0 Å². The smallest absolute Gasteiger partial charge is 0.143 e. The maximum absolute atomic E-state index is 9.53. The zero-order chi connectivity index (χ0) is 54.1. The van der Waals surface area contributed by atoms with Gasteiger partial charge in [0.1, 0.15) is 11.2 Å². The van der Waals surface area contributed by atoms with Crippen molar-refractivity contribution in [1.82, 2.24) is 0 Å². The lowest BCUT2D eigenvalue weighted by molar-refractivity contribution is 0.670. The van der Waals surface area contributed by atoms with Gasteiger partial charge in [0.2, 0.25) is 0 Å². The Balaban J connectivity index is 1.60. The first-order valence-electron chi connectivity index (χ1n) is 27.2. The Morgan fingerprint density at radius 1 is 0.333 bits per heavy atom. The molecule has 0 bridgehead atoms. The molecule has 0 saturated carbocycles. The molecule has 0 aliphatic heterocycles. The molecule has 1 aromatic heterocycles. The second-order valence-electron chi connectivity index (χ2n) is 9.51. The van der Waals surface area contributed by atoms with Crippen LogP contribution in [0.4, 0.5) is 0 Å². The number of rotatable bonds is 4. The van der Waals surface area contributed by atoms with E-state index in [-0.39, 0.29) is 0 Å². The number of para-hydroxylation sites is 1. The van der Waals surface area contributed by atoms with Crippen LogP contribution in [-0.2, 0) is 0 Å². The number of hydrogen-bond donors (Lipinski definition) is 0. The Bertz CT molecular complexity index is 3950. The summed E-state index contributed by atoms with van der Waals surface area (Å²) in [6.07, 6.45) is 0. The van der Waals surface area contributed by atoms with Crippen LogP contribution in [0.2, 0.25) is 0 Å². The molecule has 0 unspecified atom stereocenters. The van der Waals surface area contributed by atoms with Crippen molar-refractivity contribution in [2.45, 2.75) is 0 Å². The maximum atomic E-state index is 9.53. The Hall–Kier alpha value is -5.92. The first-order valence-corrected chi connectivity index (χ1v) is 13.2.